The average molecular weight is 391 g/mol. The summed E-state index contributed by atoms with van der Waals surface area (Å²) in [5.41, 5.74) is 0.877. The number of amides is 2. The zero-order valence-corrected chi connectivity index (χ0v) is 17.5. The Morgan fingerprint density at radius 1 is 1.22 bits per heavy atom. The van der Waals surface area contributed by atoms with Gasteiger partial charge in [0, 0.05) is 36.1 Å². The summed E-state index contributed by atoms with van der Waals surface area (Å²) in [6.45, 7) is 9.76. The summed E-state index contributed by atoms with van der Waals surface area (Å²) in [6.07, 6.45) is 6.82. The third-order valence-electron chi connectivity index (χ3n) is 4.79. The van der Waals surface area contributed by atoms with Gasteiger partial charge in [0.05, 0.1) is 5.69 Å². The Kier molecular flexibility index (Phi) is 6.16. The molecule has 0 aliphatic carbocycles. The van der Waals surface area contributed by atoms with Crippen LogP contribution in [0.15, 0.2) is 12.3 Å². The van der Waals surface area contributed by atoms with Crippen LogP contribution in [0.25, 0.3) is 0 Å². The van der Waals surface area contributed by atoms with Gasteiger partial charge in [-0.05, 0) is 32.4 Å². The first-order chi connectivity index (χ1) is 12.8. The van der Waals surface area contributed by atoms with E-state index in [0.717, 1.165) is 18.7 Å². The molecular weight excluding hydrogens is 360 g/mol. The molecule has 2 aromatic rings. The van der Waals surface area contributed by atoms with Gasteiger partial charge in [-0.1, -0.05) is 27.2 Å². The molecule has 8 heteroatoms. The van der Waals surface area contributed by atoms with E-state index >= 15 is 0 Å². The largest absolute Gasteiger partial charge is 0.326 e. The summed E-state index contributed by atoms with van der Waals surface area (Å²) >= 11 is 1.54. The van der Waals surface area contributed by atoms with Crippen LogP contribution in [0.2, 0.25) is 0 Å². The van der Waals surface area contributed by atoms with Crippen LogP contribution in [0.3, 0.4) is 0 Å². The van der Waals surface area contributed by atoms with E-state index in [0.29, 0.717) is 10.9 Å². The second-order valence-corrected chi connectivity index (χ2v) is 9.27. The van der Waals surface area contributed by atoms with Crippen molar-refractivity contribution >= 4 is 28.3 Å². The first kappa shape index (κ1) is 19.8. The lowest BCUT2D eigenvalue weighted by Gasteiger charge is -2.25. The monoisotopic (exact) mass is 390 g/mol. The highest BCUT2D eigenvalue weighted by Crippen LogP contribution is 2.24. The standard InChI is InChI=1S/C19H30N6OS/c1-19(2,3)15-12-16(24(4)23-15)21-17(26)22-18-20-13-14(27-18)8-11-25-9-6-5-7-10-25/h12-13H,5-11H2,1-4H3,(H2,20,21,22,26). The molecule has 1 aliphatic heterocycles. The van der Waals surface area contributed by atoms with Gasteiger partial charge in [0.2, 0.25) is 0 Å². The highest BCUT2D eigenvalue weighted by atomic mass is 32.1. The zero-order chi connectivity index (χ0) is 19.4. The van der Waals surface area contributed by atoms with Crippen LogP contribution < -0.4 is 10.6 Å². The fourth-order valence-electron chi connectivity index (χ4n) is 3.13. The third-order valence-corrected chi connectivity index (χ3v) is 5.76. The molecule has 2 amide bonds. The molecule has 0 radical (unpaired) electrons. The van der Waals surface area contributed by atoms with E-state index in [4.69, 9.17) is 0 Å². The molecule has 3 heterocycles. The molecule has 0 atom stereocenters. The molecule has 1 aliphatic rings. The molecule has 2 N–H and O–H groups in total. The van der Waals surface area contributed by atoms with E-state index in [1.165, 1.54) is 37.2 Å². The van der Waals surface area contributed by atoms with Gasteiger partial charge in [-0.2, -0.15) is 5.10 Å². The normalized spacial score (nSPS) is 15.7. The topological polar surface area (TPSA) is 75.1 Å². The maximum absolute atomic E-state index is 12.3. The number of hydrogen-bond acceptors (Lipinski definition) is 5. The van der Waals surface area contributed by atoms with Crippen molar-refractivity contribution in [2.24, 2.45) is 7.05 Å². The lowest BCUT2D eigenvalue weighted by molar-refractivity contribution is 0.232. The van der Waals surface area contributed by atoms with Gasteiger partial charge in [0.15, 0.2) is 5.13 Å². The SMILES string of the molecule is Cn1nc(C(C)(C)C)cc1NC(=O)Nc1ncc(CCN2CCCCC2)s1. The second-order valence-electron chi connectivity index (χ2n) is 8.15. The Hall–Kier alpha value is -1.93. The predicted octanol–water partition coefficient (Wildman–Crippen LogP) is 3.85. The van der Waals surface area contributed by atoms with Crippen molar-refractivity contribution in [3.05, 3.63) is 22.8 Å². The zero-order valence-electron chi connectivity index (χ0n) is 16.7. The number of anilines is 2. The van der Waals surface area contributed by atoms with Crippen LogP contribution >= 0.6 is 11.3 Å². The average Bonchev–Trinajstić information content (AvgIpc) is 3.20. The maximum atomic E-state index is 12.3. The van der Waals surface area contributed by atoms with Crippen LogP contribution in [0.4, 0.5) is 15.7 Å². The van der Waals surface area contributed by atoms with Crippen LogP contribution in [0, 0.1) is 0 Å². The number of nitrogens with one attached hydrogen (secondary N) is 2. The van der Waals surface area contributed by atoms with Crippen LogP contribution in [0.1, 0.15) is 50.6 Å². The summed E-state index contributed by atoms with van der Waals surface area (Å²) in [5.74, 6) is 0.666. The number of likely N-dealkylation sites (tertiary alicyclic amines) is 1. The fraction of sp³-hybridized carbons (Fsp3) is 0.632. The highest BCUT2D eigenvalue weighted by Gasteiger charge is 2.20. The van der Waals surface area contributed by atoms with E-state index < -0.39 is 0 Å². The lowest BCUT2D eigenvalue weighted by atomic mass is 9.92. The number of urea groups is 1. The summed E-state index contributed by atoms with van der Waals surface area (Å²) in [5, 5.41) is 10.8. The Morgan fingerprint density at radius 2 is 1.96 bits per heavy atom. The number of hydrogen-bond donors (Lipinski definition) is 2. The second kappa shape index (κ2) is 8.39. The summed E-state index contributed by atoms with van der Waals surface area (Å²) < 4.78 is 1.69. The highest BCUT2D eigenvalue weighted by molar-refractivity contribution is 7.15. The maximum Gasteiger partial charge on any atom is 0.326 e. The number of rotatable bonds is 5. The smallest absolute Gasteiger partial charge is 0.303 e. The minimum absolute atomic E-state index is 0.0628. The number of aromatic nitrogens is 3. The summed E-state index contributed by atoms with van der Waals surface area (Å²) in [4.78, 5) is 20.3. The summed E-state index contributed by atoms with van der Waals surface area (Å²) in [7, 11) is 1.83. The van der Waals surface area contributed by atoms with E-state index in [-0.39, 0.29) is 11.4 Å². The van der Waals surface area contributed by atoms with Crippen molar-refractivity contribution in [2.75, 3.05) is 30.3 Å². The Labute approximate surface area is 165 Å². The number of carbonyl (C=O) groups excluding carboxylic acids is 1. The molecule has 1 fully saturated rings. The molecule has 27 heavy (non-hydrogen) atoms. The van der Waals surface area contributed by atoms with Gasteiger partial charge in [-0.3, -0.25) is 15.3 Å². The first-order valence-corrected chi connectivity index (χ1v) is 10.4. The van der Waals surface area contributed by atoms with Crippen LogP contribution in [-0.2, 0) is 18.9 Å². The predicted molar refractivity (Wildman–Crippen MR) is 111 cm³/mol. The van der Waals surface area contributed by atoms with Crippen molar-refractivity contribution in [1.82, 2.24) is 19.7 Å². The van der Waals surface area contributed by atoms with Crippen LogP contribution in [0.5, 0.6) is 0 Å². The minimum atomic E-state index is -0.296. The van der Waals surface area contributed by atoms with Gasteiger partial charge in [-0.25, -0.2) is 9.78 Å². The molecule has 2 aromatic heterocycles. The molecule has 7 nitrogen and oxygen atoms in total. The molecule has 148 valence electrons. The summed E-state index contributed by atoms with van der Waals surface area (Å²) in [6, 6.07) is 1.61. The van der Waals surface area contributed by atoms with E-state index in [1.807, 2.05) is 19.3 Å². The fourth-order valence-corrected chi connectivity index (χ4v) is 3.92. The lowest BCUT2D eigenvalue weighted by Crippen LogP contribution is -2.31. The number of nitrogens with zero attached hydrogens (tertiary/aromatic N) is 4. The number of thiazole rings is 1. The van der Waals surface area contributed by atoms with Crippen molar-refractivity contribution < 1.29 is 4.79 Å². The molecule has 0 unspecified atom stereocenters. The molecule has 0 saturated carbocycles. The van der Waals surface area contributed by atoms with Crippen molar-refractivity contribution in [3.63, 3.8) is 0 Å². The van der Waals surface area contributed by atoms with E-state index in [9.17, 15) is 4.79 Å². The van der Waals surface area contributed by atoms with E-state index in [1.54, 1.807) is 16.0 Å². The van der Waals surface area contributed by atoms with Gasteiger partial charge in [0.25, 0.3) is 0 Å². The van der Waals surface area contributed by atoms with Crippen molar-refractivity contribution in [3.8, 4) is 0 Å². The minimum Gasteiger partial charge on any atom is -0.303 e. The Bertz CT molecular complexity index is 770. The molecule has 0 spiro atoms. The molecule has 1 saturated heterocycles. The molecule has 0 bridgehead atoms. The van der Waals surface area contributed by atoms with E-state index in [2.05, 4.69) is 46.4 Å². The Morgan fingerprint density at radius 3 is 2.63 bits per heavy atom. The third kappa shape index (κ3) is 5.52. The van der Waals surface area contributed by atoms with Gasteiger partial charge in [0.1, 0.15) is 5.82 Å². The molecule has 0 aromatic carbocycles. The van der Waals surface area contributed by atoms with Gasteiger partial charge >= 0.3 is 6.03 Å². The number of aryl methyl sites for hydroxylation is 1. The number of piperidine rings is 1. The van der Waals surface area contributed by atoms with Gasteiger partial charge < -0.3 is 4.90 Å². The van der Waals surface area contributed by atoms with Crippen LogP contribution in [-0.4, -0.2) is 45.3 Å². The molecular formula is C19H30N6OS. The first-order valence-electron chi connectivity index (χ1n) is 9.61. The van der Waals surface area contributed by atoms with Crippen molar-refractivity contribution in [2.45, 2.75) is 51.9 Å². The van der Waals surface area contributed by atoms with Crippen molar-refractivity contribution in [1.29, 1.82) is 0 Å². The van der Waals surface area contributed by atoms with Gasteiger partial charge in [-0.15, -0.1) is 11.3 Å². The molecule has 3 rings (SSSR count). The number of carbonyl (C=O) groups is 1. The quantitative estimate of drug-likeness (QED) is 0.813. The Balaban J connectivity index is 1.51.